The predicted molar refractivity (Wildman–Crippen MR) is 104 cm³/mol. The van der Waals surface area contributed by atoms with Crippen molar-refractivity contribution in [2.75, 3.05) is 20.8 Å². The number of nitro groups is 1. The van der Waals surface area contributed by atoms with Gasteiger partial charge >= 0.3 is 11.9 Å². The maximum Gasteiger partial charge on any atom is 0.363 e. The van der Waals surface area contributed by atoms with Gasteiger partial charge in [0.05, 0.1) is 19.1 Å². The molecular weight excluding hydrogens is 396 g/mol. The number of non-ortho nitro benzene ring substituents is 1. The van der Waals surface area contributed by atoms with Crippen molar-refractivity contribution >= 4 is 29.6 Å². The molecule has 0 spiro atoms. The van der Waals surface area contributed by atoms with Crippen LogP contribution in [0.15, 0.2) is 53.2 Å². The zero-order valence-electron chi connectivity index (χ0n) is 16.0. The maximum atomic E-state index is 12.1. The third kappa shape index (κ3) is 4.61. The van der Waals surface area contributed by atoms with Crippen LogP contribution in [-0.2, 0) is 19.1 Å². The lowest BCUT2D eigenvalue weighted by atomic mass is 10.1. The number of aliphatic imine (C=N–C) groups is 1. The number of cyclic esters (lactones) is 1. The highest BCUT2D eigenvalue weighted by molar-refractivity contribution is 6.12. The van der Waals surface area contributed by atoms with Crippen LogP contribution in [0.1, 0.15) is 11.1 Å². The number of hydrogen-bond donors (Lipinski definition) is 0. The summed E-state index contributed by atoms with van der Waals surface area (Å²) in [4.78, 5) is 37.8. The molecule has 0 atom stereocenters. The van der Waals surface area contributed by atoms with Crippen molar-refractivity contribution in [2.45, 2.75) is 0 Å². The van der Waals surface area contributed by atoms with Gasteiger partial charge < -0.3 is 18.9 Å². The van der Waals surface area contributed by atoms with Crippen molar-refractivity contribution in [3.8, 4) is 11.5 Å². The Morgan fingerprint density at radius 1 is 1.17 bits per heavy atom. The number of nitro benzene ring substituents is 1. The van der Waals surface area contributed by atoms with Crippen molar-refractivity contribution in [3.05, 3.63) is 69.4 Å². The van der Waals surface area contributed by atoms with Crippen molar-refractivity contribution in [1.29, 1.82) is 0 Å². The van der Waals surface area contributed by atoms with E-state index in [0.29, 0.717) is 22.6 Å². The first-order valence-corrected chi connectivity index (χ1v) is 8.56. The molecule has 1 aliphatic rings. The van der Waals surface area contributed by atoms with E-state index in [1.165, 1.54) is 44.6 Å². The minimum absolute atomic E-state index is 0.0474. The molecule has 0 aromatic heterocycles. The second-order valence-electron chi connectivity index (χ2n) is 5.92. The van der Waals surface area contributed by atoms with Gasteiger partial charge in [-0.1, -0.05) is 6.07 Å². The Morgan fingerprint density at radius 2 is 1.90 bits per heavy atom. The summed E-state index contributed by atoms with van der Waals surface area (Å²) in [6.45, 7) is -0.275. The van der Waals surface area contributed by atoms with E-state index in [2.05, 4.69) is 9.73 Å². The zero-order chi connectivity index (χ0) is 21.7. The van der Waals surface area contributed by atoms with Gasteiger partial charge in [0.2, 0.25) is 5.90 Å². The number of carbonyl (C=O) groups is 2. The number of benzene rings is 2. The second kappa shape index (κ2) is 8.86. The summed E-state index contributed by atoms with van der Waals surface area (Å²) in [5.74, 6) is -0.474. The van der Waals surface area contributed by atoms with Crippen molar-refractivity contribution in [2.24, 2.45) is 4.99 Å². The number of ether oxygens (including phenoxy) is 4. The minimum Gasteiger partial charge on any atom is -0.493 e. The zero-order valence-corrected chi connectivity index (χ0v) is 16.0. The average Bonchev–Trinajstić information content (AvgIpc) is 3.12. The fraction of sp³-hybridized carbons (Fsp3) is 0.150. The third-order valence-electron chi connectivity index (χ3n) is 4.01. The Hall–Kier alpha value is -4.21. The average molecular weight is 412 g/mol. The summed E-state index contributed by atoms with van der Waals surface area (Å²) >= 11 is 0. The quantitative estimate of drug-likeness (QED) is 0.294. The molecule has 0 unspecified atom stereocenters. The number of esters is 2. The number of rotatable bonds is 7. The maximum absolute atomic E-state index is 12.1. The molecule has 0 bridgehead atoms. The SMILES string of the molecule is COC(=O)COc1ccc(/C=C2\N=C(c3ccc([N+](=O)[O-])cc3)OC2=O)cc1OC. The molecule has 0 saturated carbocycles. The normalized spacial score (nSPS) is 14.1. The van der Waals surface area contributed by atoms with Gasteiger partial charge in [0, 0.05) is 17.7 Å². The van der Waals surface area contributed by atoms with Gasteiger partial charge in [0.15, 0.2) is 23.8 Å². The lowest BCUT2D eigenvalue weighted by Crippen LogP contribution is -2.12. The number of hydrogen-bond acceptors (Lipinski definition) is 9. The van der Waals surface area contributed by atoms with Crippen molar-refractivity contribution in [3.63, 3.8) is 0 Å². The number of nitrogens with zero attached hydrogens (tertiary/aromatic N) is 2. The molecule has 0 fully saturated rings. The summed E-state index contributed by atoms with van der Waals surface area (Å²) in [7, 11) is 2.69. The van der Waals surface area contributed by atoms with Crippen LogP contribution in [0.3, 0.4) is 0 Å². The molecule has 3 rings (SSSR count). The van der Waals surface area contributed by atoms with Gasteiger partial charge in [0.1, 0.15) is 0 Å². The molecule has 2 aromatic rings. The van der Waals surface area contributed by atoms with Gasteiger partial charge in [-0.15, -0.1) is 0 Å². The first-order chi connectivity index (χ1) is 14.4. The summed E-state index contributed by atoms with van der Waals surface area (Å²) < 4.78 is 20.3. The van der Waals surface area contributed by atoms with E-state index >= 15 is 0 Å². The highest BCUT2D eigenvalue weighted by Crippen LogP contribution is 2.30. The first-order valence-electron chi connectivity index (χ1n) is 8.56. The molecule has 0 aliphatic carbocycles. The molecule has 0 N–H and O–H groups in total. The van der Waals surface area contributed by atoms with E-state index in [-0.39, 0.29) is 23.9 Å². The molecule has 1 heterocycles. The Kier molecular flexibility index (Phi) is 6.06. The van der Waals surface area contributed by atoms with Gasteiger partial charge in [-0.2, -0.15) is 0 Å². The Labute approximate surface area is 170 Å². The summed E-state index contributed by atoms with van der Waals surface area (Å²) in [6.07, 6.45) is 1.49. The molecule has 0 radical (unpaired) electrons. The minimum atomic E-state index is -0.659. The second-order valence-corrected chi connectivity index (χ2v) is 5.92. The Bertz CT molecular complexity index is 1060. The van der Waals surface area contributed by atoms with Gasteiger partial charge in [-0.3, -0.25) is 10.1 Å². The van der Waals surface area contributed by atoms with E-state index in [1.807, 2.05) is 0 Å². The largest absolute Gasteiger partial charge is 0.493 e. The van der Waals surface area contributed by atoms with E-state index in [0.717, 1.165) is 0 Å². The van der Waals surface area contributed by atoms with E-state index in [9.17, 15) is 19.7 Å². The van der Waals surface area contributed by atoms with Crippen LogP contribution < -0.4 is 9.47 Å². The summed E-state index contributed by atoms with van der Waals surface area (Å²) in [5.41, 5.74) is 0.981. The molecule has 10 nitrogen and oxygen atoms in total. The van der Waals surface area contributed by atoms with Crippen LogP contribution >= 0.6 is 0 Å². The van der Waals surface area contributed by atoms with E-state index < -0.39 is 16.9 Å². The molecule has 30 heavy (non-hydrogen) atoms. The van der Waals surface area contributed by atoms with Gasteiger partial charge in [-0.05, 0) is 35.9 Å². The standard InChI is InChI=1S/C20H16N2O8/c1-27-17-10-12(3-8-16(17)29-11-18(23)28-2)9-15-20(24)30-19(21-15)13-4-6-14(7-5-13)22(25)26/h3-10H,11H2,1-2H3/b15-9-. The molecule has 2 aromatic carbocycles. The van der Waals surface area contributed by atoms with Crippen molar-refractivity contribution < 1.29 is 33.5 Å². The highest BCUT2D eigenvalue weighted by atomic mass is 16.6. The topological polar surface area (TPSA) is 127 Å². The third-order valence-corrected chi connectivity index (χ3v) is 4.01. The molecule has 10 heteroatoms. The van der Waals surface area contributed by atoms with Crippen LogP contribution in [0.5, 0.6) is 11.5 Å². The Balaban J connectivity index is 1.82. The fourth-order valence-corrected chi connectivity index (χ4v) is 2.51. The molecular formula is C20H16N2O8. The van der Waals surface area contributed by atoms with Crippen molar-refractivity contribution in [1.82, 2.24) is 0 Å². The van der Waals surface area contributed by atoms with Gasteiger partial charge in [0.25, 0.3) is 5.69 Å². The number of carbonyl (C=O) groups excluding carboxylic acids is 2. The first kappa shape index (κ1) is 20.5. The number of methoxy groups -OCH3 is 2. The Morgan fingerprint density at radius 3 is 2.53 bits per heavy atom. The van der Waals surface area contributed by atoms with E-state index in [4.69, 9.17) is 14.2 Å². The lowest BCUT2D eigenvalue weighted by Gasteiger charge is -2.10. The highest BCUT2D eigenvalue weighted by Gasteiger charge is 2.24. The lowest BCUT2D eigenvalue weighted by molar-refractivity contribution is -0.384. The summed E-state index contributed by atoms with van der Waals surface area (Å²) in [5, 5.41) is 10.7. The van der Waals surface area contributed by atoms with Crippen LogP contribution in [0, 0.1) is 10.1 Å². The summed E-state index contributed by atoms with van der Waals surface area (Å²) in [6, 6.07) is 10.3. The molecule has 0 saturated heterocycles. The van der Waals surface area contributed by atoms with Crippen LogP contribution in [0.4, 0.5) is 5.69 Å². The smallest absolute Gasteiger partial charge is 0.363 e. The van der Waals surface area contributed by atoms with Crippen LogP contribution in [0.25, 0.3) is 6.08 Å². The predicted octanol–water partition coefficient (Wildman–Crippen LogP) is 2.50. The van der Waals surface area contributed by atoms with Crippen LogP contribution in [-0.4, -0.2) is 43.6 Å². The van der Waals surface area contributed by atoms with Gasteiger partial charge in [-0.25, -0.2) is 14.6 Å². The monoisotopic (exact) mass is 412 g/mol. The van der Waals surface area contributed by atoms with E-state index in [1.54, 1.807) is 18.2 Å². The molecule has 0 amide bonds. The fourth-order valence-electron chi connectivity index (χ4n) is 2.51. The molecule has 1 aliphatic heterocycles. The molecule has 154 valence electrons. The van der Waals surface area contributed by atoms with Crippen LogP contribution in [0.2, 0.25) is 0 Å².